The lowest BCUT2D eigenvalue weighted by Crippen LogP contribution is -2.10. The molecule has 2 nitrogen and oxygen atoms in total. The second-order valence-electron chi connectivity index (χ2n) is 1.65. The first kappa shape index (κ1) is 5.98. The summed E-state index contributed by atoms with van der Waals surface area (Å²) in [5.41, 5.74) is 2.64. The summed E-state index contributed by atoms with van der Waals surface area (Å²) in [4.78, 5) is 4.98. The zero-order valence-corrected chi connectivity index (χ0v) is 5.40. The van der Waals surface area contributed by atoms with Crippen LogP contribution in [0.2, 0.25) is 0 Å². The van der Waals surface area contributed by atoms with Crippen LogP contribution in [0.15, 0.2) is 12.3 Å². The summed E-state index contributed by atoms with van der Waals surface area (Å²) in [6.07, 6.45) is 5.00. The van der Waals surface area contributed by atoms with Crippen molar-refractivity contribution in [2.45, 2.75) is 12.5 Å². The van der Waals surface area contributed by atoms with Gasteiger partial charge in [-0.1, -0.05) is 0 Å². The molecule has 1 unspecified atom stereocenters. The molecule has 1 atom stereocenters. The fraction of sp³-hybridized carbons (Fsp3) is 0.600. The average Bonchev–Trinajstić information content (AvgIpc) is 2.19. The van der Waals surface area contributed by atoms with E-state index in [1.54, 1.807) is 6.20 Å². The van der Waals surface area contributed by atoms with E-state index in [1.165, 1.54) is 0 Å². The lowest BCUT2D eigenvalue weighted by molar-refractivity contribution is 0.0463. The Kier molecular flexibility index (Phi) is 2.24. The van der Waals surface area contributed by atoms with Crippen LogP contribution in [-0.2, 0) is 4.84 Å². The summed E-state index contributed by atoms with van der Waals surface area (Å²) in [6.45, 7) is 0. The van der Waals surface area contributed by atoms with Crippen LogP contribution in [0, 0.1) is 0 Å². The molecule has 0 aromatic carbocycles. The standard InChI is InChI=1S/C5H9NOS/c8-4-2-5-1-3-6-7-5/h1,3,5-6,8H,2,4H2. The molecular weight excluding hydrogens is 122 g/mol. The van der Waals surface area contributed by atoms with E-state index in [0.717, 1.165) is 12.2 Å². The molecule has 0 spiro atoms. The largest absolute Gasteiger partial charge is 0.274 e. The fourth-order valence-corrected chi connectivity index (χ4v) is 0.849. The van der Waals surface area contributed by atoms with Gasteiger partial charge in [-0.05, 0) is 18.2 Å². The Bertz CT molecular complexity index is 94.4. The van der Waals surface area contributed by atoms with Crippen molar-refractivity contribution in [3.63, 3.8) is 0 Å². The van der Waals surface area contributed by atoms with Gasteiger partial charge in [0.05, 0.1) is 0 Å². The van der Waals surface area contributed by atoms with E-state index in [4.69, 9.17) is 4.84 Å². The maximum Gasteiger partial charge on any atom is 0.106 e. The van der Waals surface area contributed by atoms with Crippen LogP contribution in [0.25, 0.3) is 0 Å². The van der Waals surface area contributed by atoms with Gasteiger partial charge in [-0.2, -0.15) is 12.6 Å². The highest BCUT2D eigenvalue weighted by Gasteiger charge is 2.06. The summed E-state index contributed by atoms with van der Waals surface area (Å²) >= 11 is 4.05. The molecule has 1 aliphatic rings. The molecule has 0 aromatic heterocycles. The summed E-state index contributed by atoms with van der Waals surface area (Å²) in [5.74, 6) is 0.872. The molecule has 1 rings (SSSR count). The van der Waals surface area contributed by atoms with Crippen molar-refractivity contribution in [2.75, 3.05) is 5.75 Å². The van der Waals surface area contributed by atoms with Gasteiger partial charge in [-0.25, -0.2) is 0 Å². The molecule has 1 N–H and O–H groups in total. The molecule has 1 aliphatic heterocycles. The van der Waals surface area contributed by atoms with Gasteiger partial charge in [0.25, 0.3) is 0 Å². The van der Waals surface area contributed by atoms with Crippen molar-refractivity contribution >= 4 is 12.6 Å². The van der Waals surface area contributed by atoms with Crippen LogP contribution in [0.3, 0.4) is 0 Å². The third kappa shape index (κ3) is 1.42. The number of rotatable bonds is 2. The van der Waals surface area contributed by atoms with E-state index in [1.807, 2.05) is 6.08 Å². The molecular formula is C5H9NOS. The molecule has 0 fully saturated rings. The van der Waals surface area contributed by atoms with Crippen molar-refractivity contribution < 1.29 is 4.84 Å². The third-order valence-corrected chi connectivity index (χ3v) is 1.27. The lowest BCUT2D eigenvalue weighted by atomic mass is 10.3. The monoisotopic (exact) mass is 131 g/mol. The van der Waals surface area contributed by atoms with E-state index in [2.05, 4.69) is 18.1 Å². The minimum absolute atomic E-state index is 0.243. The Labute approximate surface area is 54.3 Å². The van der Waals surface area contributed by atoms with Gasteiger partial charge in [0.15, 0.2) is 0 Å². The Morgan fingerprint density at radius 1 is 1.75 bits per heavy atom. The van der Waals surface area contributed by atoms with Crippen LogP contribution < -0.4 is 5.48 Å². The van der Waals surface area contributed by atoms with Crippen LogP contribution in [0.5, 0.6) is 0 Å². The first-order valence-electron chi connectivity index (χ1n) is 2.62. The van der Waals surface area contributed by atoms with Gasteiger partial charge >= 0.3 is 0 Å². The minimum atomic E-state index is 0.243. The molecule has 0 amide bonds. The van der Waals surface area contributed by atoms with Gasteiger partial charge < -0.3 is 0 Å². The number of hydrogen-bond donors (Lipinski definition) is 2. The highest BCUT2D eigenvalue weighted by atomic mass is 32.1. The minimum Gasteiger partial charge on any atom is -0.274 e. The molecule has 0 aromatic rings. The number of nitrogens with one attached hydrogen (secondary N) is 1. The summed E-state index contributed by atoms with van der Waals surface area (Å²) in [5, 5.41) is 0. The quantitative estimate of drug-likeness (QED) is 0.539. The van der Waals surface area contributed by atoms with Gasteiger partial charge in [-0.3, -0.25) is 10.3 Å². The first-order valence-corrected chi connectivity index (χ1v) is 3.25. The van der Waals surface area contributed by atoms with Crippen molar-refractivity contribution in [3.8, 4) is 0 Å². The zero-order valence-electron chi connectivity index (χ0n) is 4.50. The molecule has 0 radical (unpaired) electrons. The number of thiol groups is 1. The molecule has 0 saturated heterocycles. The van der Waals surface area contributed by atoms with E-state index < -0.39 is 0 Å². The highest BCUT2D eigenvalue weighted by Crippen LogP contribution is 2.03. The van der Waals surface area contributed by atoms with Crippen molar-refractivity contribution in [2.24, 2.45) is 0 Å². The average molecular weight is 131 g/mol. The second kappa shape index (κ2) is 2.99. The van der Waals surface area contributed by atoms with Crippen molar-refractivity contribution in [3.05, 3.63) is 12.3 Å². The van der Waals surface area contributed by atoms with E-state index in [0.29, 0.717) is 0 Å². The topological polar surface area (TPSA) is 21.3 Å². The Balaban J connectivity index is 2.16. The van der Waals surface area contributed by atoms with Gasteiger partial charge in [0, 0.05) is 6.20 Å². The number of hydrogen-bond acceptors (Lipinski definition) is 3. The lowest BCUT2D eigenvalue weighted by Gasteiger charge is -2.02. The Hall–Kier alpha value is -0.150. The Morgan fingerprint density at radius 3 is 3.12 bits per heavy atom. The van der Waals surface area contributed by atoms with Gasteiger partial charge in [0.1, 0.15) is 6.10 Å². The Morgan fingerprint density at radius 2 is 2.62 bits per heavy atom. The molecule has 0 bridgehead atoms. The van der Waals surface area contributed by atoms with Crippen LogP contribution in [0.4, 0.5) is 0 Å². The second-order valence-corrected chi connectivity index (χ2v) is 2.09. The van der Waals surface area contributed by atoms with Crippen LogP contribution in [0.1, 0.15) is 6.42 Å². The maximum atomic E-state index is 4.98. The van der Waals surface area contributed by atoms with E-state index in [-0.39, 0.29) is 6.10 Å². The molecule has 1 heterocycles. The summed E-state index contributed by atoms with van der Waals surface area (Å²) in [6, 6.07) is 0. The van der Waals surface area contributed by atoms with Gasteiger partial charge in [0.2, 0.25) is 0 Å². The summed E-state index contributed by atoms with van der Waals surface area (Å²) in [7, 11) is 0. The van der Waals surface area contributed by atoms with Crippen LogP contribution in [-0.4, -0.2) is 11.9 Å². The summed E-state index contributed by atoms with van der Waals surface area (Å²) < 4.78 is 0. The SMILES string of the molecule is SCCC1C=CNO1. The van der Waals surface area contributed by atoms with Crippen LogP contribution >= 0.6 is 12.6 Å². The smallest absolute Gasteiger partial charge is 0.106 e. The highest BCUT2D eigenvalue weighted by molar-refractivity contribution is 7.80. The number of hydroxylamine groups is 1. The molecule has 0 aliphatic carbocycles. The molecule has 3 heteroatoms. The van der Waals surface area contributed by atoms with Gasteiger partial charge in [-0.15, -0.1) is 0 Å². The van der Waals surface area contributed by atoms with E-state index in [9.17, 15) is 0 Å². The van der Waals surface area contributed by atoms with E-state index >= 15 is 0 Å². The van der Waals surface area contributed by atoms with Crippen molar-refractivity contribution in [1.82, 2.24) is 5.48 Å². The molecule has 46 valence electrons. The predicted molar refractivity (Wildman–Crippen MR) is 35.6 cm³/mol. The normalized spacial score (nSPS) is 25.9. The predicted octanol–water partition coefficient (Wildman–Crippen LogP) is 0.723. The maximum absolute atomic E-state index is 4.98. The molecule has 8 heavy (non-hydrogen) atoms. The third-order valence-electron chi connectivity index (χ3n) is 1.01. The molecule has 0 saturated carbocycles. The zero-order chi connectivity index (χ0) is 5.82. The fourth-order valence-electron chi connectivity index (χ4n) is 0.595. The van der Waals surface area contributed by atoms with Crippen molar-refractivity contribution in [1.29, 1.82) is 0 Å². The first-order chi connectivity index (χ1) is 3.93.